The first-order valence-electron chi connectivity index (χ1n) is 11.2. The quantitative estimate of drug-likeness (QED) is 0.268. The maximum absolute atomic E-state index is 15.3. The summed E-state index contributed by atoms with van der Waals surface area (Å²) < 4.78 is 100. The molecule has 0 amide bonds. The Morgan fingerprint density at radius 3 is 2.22 bits per heavy atom. The fourth-order valence-electron chi connectivity index (χ4n) is 3.83. The van der Waals surface area contributed by atoms with Gasteiger partial charge in [-0.2, -0.15) is 13.2 Å². The lowest BCUT2D eigenvalue weighted by Crippen LogP contribution is -2.43. The zero-order chi connectivity index (χ0) is 27.2. The predicted molar refractivity (Wildman–Crippen MR) is 129 cm³/mol. The highest BCUT2D eigenvalue weighted by molar-refractivity contribution is 7.90. The average Bonchev–Trinajstić information content (AvgIpc) is 3.04. The van der Waals surface area contributed by atoms with Crippen LogP contribution >= 0.6 is 0 Å². The molecule has 1 aromatic carbocycles. The smallest absolute Gasteiger partial charge is 0.433 e. The molecule has 198 valence electrons. The number of benzene rings is 1. The predicted octanol–water partition coefficient (Wildman–Crippen LogP) is 7.27. The van der Waals surface area contributed by atoms with Crippen molar-refractivity contribution in [2.75, 3.05) is 0 Å². The van der Waals surface area contributed by atoms with Crippen LogP contribution in [0.2, 0.25) is 0 Å². The maximum Gasteiger partial charge on any atom is 0.433 e. The number of rotatable bonds is 6. The fourth-order valence-corrected chi connectivity index (χ4v) is 4.64. The molecule has 0 saturated heterocycles. The van der Waals surface area contributed by atoms with Gasteiger partial charge in [0.05, 0.1) is 0 Å². The van der Waals surface area contributed by atoms with Crippen LogP contribution in [0.25, 0.3) is 22.0 Å². The number of hydrogen-bond acceptors (Lipinski definition) is 3. The summed E-state index contributed by atoms with van der Waals surface area (Å²) in [5.41, 5.74) is -2.10. The fraction of sp³-hybridized carbons (Fsp3) is 0.480. The van der Waals surface area contributed by atoms with Gasteiger partial charge in [0.15, 0.2) is 5.69 Å². The van der Waals surface area contributed by atoms with Crippen molar-refractivity contribution < 1.29 is 30.9 Å². The number of halogens is 6. The summed E-state index contributed by atoms with van der Waals surface area (Å²) in [6.07, 6.45) is -5.41. The molecule has 36 heavy (non-hydrogen) atoms. The number of fused-ring (bicyclic) bond motifs is 1. The number of nitrogens with one attached hydrogen (secondary N) is 1. The van der Waals surface area contributed by atoms with Gasteiger partial charge in [-0.25, -0.2) is 13.2 Å². The van der Waals surface area contributed by atoms with Crippen molar-refractivity contribution in [1.29, 1.82) is 0 Å². The SMILES string of the molecule is CC(C)(C)Cn1cc(C(N[S+]([O-])C(C)(C)C)C(F)F)c2cc(F)c(-c3cccnc3C(F)(F)F)cc21. The van der Waals surface area contributed by atoms with Gasteiger partial charge in [-0.1, -0.05) is 26.8 Å². The van der Waals surface area contributed by atoms with Crippen LogP contribution in [0.4, 0.5) is 26.3 Å². The highest BCUT2D eigenvalue weighted by Crippen LogP contribution is 2.40. The molecule has 0 aliphatic rings. The van der Waals surface area contributed by atoms with Crippen LogP contribution in [-0.4, -0.2) is 25.3 Å². The van der Waals surface area contributed by atoms with Crippen molar-refractivity contribution in [2.45, 2.75) is 71.5 Å². The van der Waals surface area contributed by atoms with Crippen LogP contribution in [0.1, 0.15) is 58.8 Å². The van der Waals surface area contributed by atoms with E-state index in [9.17, 15) is 26.5 Å². The van der Waals surface area contributed by atoms with Gasteiger partial charge in [0, 0.05) is 57.9 Å². The molecule has 11 heteroatoms. The van der Waals surface area contributed by atoms with Crippen molar-refractivity contribution in [3.8, 4) is 11.1 Å². The standard InChI is InChI=1S/C25H29F6N3OS/c1-23(2,3)13-34-12-17(20(22(27)28)33-36(35)24(4,5)6)16-10-18(26)15(11-19(16)34)14-8-7-9-32-21(14)25(29,30)31/h7-12,20,22,33H,13H2,1-6H3. The van der Waals surface area contributed by atoms with Gasteiger partial charge >= 0.3 is 6.18 Å². The van der Waals surface area contributed by atoms with Gasteiger partial charge in [-0.15, -0.1) is 4.72 Å². The molecule has 0 spiro atoms. The summed E-state index contributed by atoms with van der Waals surface area (Å²) in [6.45, 7) is 10.9. The minimum Gasteiger partial charge on any atom is -0.598 e. The Hall–Kier alpha value is -2.24. The van der Waals surface area contributed by atoms with Gasteiger partial charge < -0.3 is 9.12 Å². The van der Waals surface area contributed by atoms with Crippen molar-refractivity contribution in [3.63, 3.8) is 0 Å². The second-order valence-corrected chi connectivity index (χ2v) is 12.8. The molecule has 0 radical (unpaired) electrons. The molecule has 2 heterocycles. The molecule has 2 atom stereocenters. The molecule has 4 nitrogen and oxygen atoms in total. The molecule has 0 aliphatic heterocycles. The lowest BCUT2D eigenvalue weighted by atomic mass is 9.96. The number of nitrogens with zero attached hydrogens (tertiary/aromatic N) is 2. The van der Waals surface area contributed by atoms with E-state index in [2.05, 4.69) is 9.71 Å². The summed E-state index contributed by atoms with van der Waals surface area (Å²) in [6, 6.07) is 2.89. The molecular formula is C25H29F6N3OS. The average molecular weight is 534 g/mol. The lowest BCUT2D eigenvalue weighted by Gasteiger charge is -2.27. The van der Waals surface area contributed by atoms with Crippen molar-refractivity contribution in [2.24, 2.45) is 5.41 Å². The van der Waals surface area contributed by atoms with Gasteiger partial charge in [0.1, 0.15) is 16.6 Å². The van der Waals surface area contributed by atoms with E-state index < -0.39 is 51.8 Å². The van der Waals surface area contributed by atoms with Crippen LogP contribution in [0, 0.1) is 11.2 Å². The lowest BCUT2D eigenvalue weighted by molar-refractivity contribution is -0.140. The summed E-state index contributed by atoms with van der Waals surface area (Å²) in [7, 11) is 0. The molecule has 2 aromatic heterocycles. The second-order valence-electron chi connectivity index (χ2n) is 10.8. The van der Waals surface area contributed by atoms with E-state index in [-0.39, 0.29) is 27.4 Å². The van der Waals surface area contributed by atoms with E-state index in [1.54, 1.807) is 25.3 Å². The summed E-state index contributed by atoms with van der Waals surface area (Å²) in [5, 5.41) is 0.0988. The van der Waals surface area contributed by atoms with Crippen LogP contribution in [0.3, 0.4) is 0 Å². The van der Waals surface area contributed by atoms with E-state index >= 15 is 4.39 Å². The minimum absolute atomic E-state index is 0.00883. The van der Waals surface area contributed by atoms with Crippen LogP contribution in [0.15, 0.2) is 36.7 Å². The molecule has 1 N–H and O–H groups in total. The molecular weight excluding hydrogens is 504 g/mol. The van der Waals surface area contributed by atoms with E-state index in [4.69, 9.17) is 0 Å². The Morgan fingerprint density at radius 2 is 1.69 bits per heavy atom. The van der Waals surface area contributed by atoms with Crippen LogP contribution in [-0.2, 0) is 24.1 Å². The second kappa shape index (κ2) is 9.90. The maximum atomic E-state index is 15.3. The normalized spacial score (nSPS) is 15.1. The van der Waals surface area contributed by atoms with E-state index in [1.807, 2.05) is 20.8 Å². The van der Waals surface area contributed by atoms with Crippen LogP contribution < -0.4 is 4.72 Å². The first-order valence-corrected chi connectivity index (χ1v) is 12.4. The third-order valence-electron chi connectivity index (χ3n) is 5.39. The van der Waals surface area contributed by atoms with E-state index in [1.165, 1.54) is 18.3 Å². The zero-order valence-electron chi connectivity index (χ0n) is 20.8. The van der Waals surface area contributed by atoms with Gasteiger partial charge in [-0.3, -0.25) is 4.98 Å². The molecule has 3 rings (SSSR count). The van der Waals surface area contributed by atoms with Crippen LogP contribution in [0.5, 0.6) is 0 Å². The number of hydrogen-bond donors (Lipinski definition) is 1. The Bertz CT molecular complexity index is 1230. The highest BCUT2D eigenvalue weighted by atomic mass is 32.2. The third kappa shape index (κ3) is 6.18. The molecule has 0 aliphatic carbocycles. The minimum atomic E-state index is -4.82. The molecule has 0 saturated carbocycles. The Kier molecular flexibility index (Phi) is 7.80. The topological polar surface area (TPSA) is 52.9 Å². The number of aromatic nitrogens is 2. The van der Waals surface area contributed by atoms with Gasteiger partial charge in [-0.05, 0) is 44.4 Å². The molecule has 0 bridgehead atoms. The number of pyridine rings is 1. The molecule has 2 unspecified atom stereocenters. The Morgan fingerprint density at radius 1 is 1.06 bits per heavy atom. The monoisotopic (exact) mass is 533 g/mol. The Balaban J connectivity index is 2.28. The Labute approximate surface area is 209 Å². The van der Waals surface area contributed by atoms with Gasteiger partial charge in [0.2, 0.25) is 0 Å². The first-order chi connectivity index (χ1) is 16.4. The van der Waals surface area contributed by atoms with Crippen molar-refractivity contribution in [1.82, 2.24) is 14.3 Å². The molecule has 0 fully saturated rings. The molecule has 3 aromatic rings. The van der Waals surface area contributed by atoms with Crippen molar-refractivity contribution in [3.05, 3.63) is 53.7 Å². The number of alkyl halides is 5. The van der Waals surface area contributed by atoms with E-state index in [0.717, 1.165) is 18.3 Å². The summed E-state index contributed by atoms with van der Waals surface area (Å²) in [5.74, 6) is -1.01. The summed E-state index contributed by atoms with van der Waals surface area (Å²) in [4.78, 5) is 3.40. The highest BCUT2D eigenvalue weighted by Gasteiger charge is 2.38. The van der Waals surface area contributed by atoms with E-state index in [0.29, 0.717) is 6.54 Å². The van der Waals surface area contributed by atoms with Gasteiger partial charge in [0.25, 0.3) is 6.43 Å². The van der Waals surface area contributed by atoms with Crippen molar-refractivity contribution >= 4 is 22.3 Å². The largest absolute Gasteiger partial charge is 0.598 e. The third-order valence-corrected chi connectivity index (χ3v) is 6.97. The zero-order valence-corrected chi connectivity index (χ0v) is 21.6. The first kappa shape index (κ1) is 28.3. The summed E-state index contributed by atoms with van der Waals surface area (Å²) >= 11 is -1.86.